The Hall–Kier alpha value is -1.02. The number of nitrogens with one attached hydrogen (secondary N) is 1. The van der Waals surface area contributed by atoms with E-state index in [-0.39, 0.29) is 0 Å². The summed E-state index contributed by atoms with van der Waals surface area (Å²) < 4.78 is 5.22. The first-order chi connectivity index (χ1) is 8.90. The molecule has 1 aromatic rings. The lowest BCUT2D eigenvalue weighted by Crippen LogP contribution is -2.13. The van der Waals surface area contributed by atoms with Crippen LogP contribution >= 0.6 is 0 Å². The minimum Gasteiger partial charge on any atom is -0.385 e. The highest BCUT2D eigenvalue weighted by atomic mass is 16.5. The largest absolute Gasteiger partial charge is 0.385 e. The van der Waals surface area contributed by atoms with E-state index < -0.39 is 0 Å². The predicted octanol–water partition coefficient (Wildman–Crippen LogP) is 4.22. The Morgan fingerprint density at radius 3 is 2.72 bits per heavy atom. The van der Waals surface area contributed by atoms with Gasteiger partial charge in [-0.25, -0.2) is 0 Å². The highest BCUT2D eigenvalue weighted by molar-refractivity contribution is 5.50. The number of rotatable bonds is 6. The van der Waals surface area contributed by atoms with Crippen LogP contribution in [0.1, 0.15) is 44.1 Å². The molecule has 0 unspecified atom stereocenters. The zero-order valence-electron chi connectivity index (χ0n) is 11.5. The van der Waals surface area contributed by atoms with Gasteiger partial charge >= 0.3 is 0 Å². The SMILES string of the molecule is COCc1ccccc1NCCC1CCCCC1. The molecule has 2 nitrogen and oxygen atoms in total. The summed E-state index contributed by atoms with van der Waals surface area (Å²) in [4.78, 5) is 0. The third kappa shape index (κ3) is 4.02. The van der Waals surface area contributed by atoms with Crippen LogP contribution in [0.2, 0.25) is 0 Å². The van der Waals surface area contributed by atoms with Crippen molar-refractivity contribution in [3.05, 3.63) is 29.8 Å². The molecule has 0 saturated heterocycles. The zero-order valence-corrected chi connectivity index (χ0v) is 11.5. The molecule has 0 atom stereocenters. The summed E-state index contributed by atoms with van der Waals surface area (Å²) in [6.45, 7) is 1.78. The van der Waals surface area contributed by atoms with Crippen LogP contribution in [0, 0.1) is 5.92 Å². The molecule has 0 radical (unpaired) electrons. The maximum Gasteiger partial charge on any atom is 0.0733 e. The van der Waals surface area contributed by atoms with Gasteiger partial charge in [-0.2, -0.15) is 0 Å². The number of para-hydroxylation sites is 1. The molecule has 1 aliphatic rings. The third-order valence-electron chi connectivity index (χ3n) is 3.91. The van der Waals surface area contributed by atoms with Crippen LogP contribution < -0.4 is 5.32 Å². The van der Waals surface area contributed by atoms with Crippen molar-refractivity contribution in [3.8, 4) is 0 Å². The van der Waals surface area contributed by atoms with E-state index in [1.54, 1.807) is 7.11 Å². The van der Waals surface area contributed by atoms with E-state index in [0.717, 1.165) is 12.5 Å². The van der Waals surface area contributed by atoms with Crippen molar-refractivity contribution in [2.75, 3.05) is 19.0 Å². The smallest absolute Gasteiger partial charge is 0.0733 e. The Balaban J connectivity index is 1.78. The molecule has 1 aliphatic carbocycles. The number of hydrogen-bond donors (Lipinski definition) is 1. The van der Waals surface area contributed by atoms with Crippen molar-refractivity contribution < 1.29 is 4.74 Å². The zero-order chi connectivity index (χ0) is 12.6. The summed E-state index contributed by atoms with van der Waals surface area (Å²) in [7, 11) is 1.75. The summed E-state index contributed by atoms with van der Waals surface area (Å²) in [5, 5.41) is 3.57. The lowest BCUT2D eigenvalue weighted by atomic mass is 9.87. The molecule has 1 saturated carbocycles. The quantitative estimate of drug-likeness (QED) is 0.813. The van der Waals surface area contributed by atoms with Gasteiger partial charge in [0.05, 0.1) is 6.61 Å². The second kappa shape index (κ2) is 7.42. The summed E-state index contributed by atoms with van der Waals surface area (Å²) in [5.74, 6) is 0.945. The molecule has 0 aliphatic heterocycles. The number of ether oxygens (including phenoxy) is 1. The van der Waals surface area contributed by atoms with Crippen LogP contribution in [0.25, 0.3) is 0 Å². The van der Waals surface area contributed by atoms with Gasteiger partial charge in [0, 0.05) is 24.9 Å². The lowest BCUT2D eigenvalue weighted by molar-refractivity contribution is 0.185. The molecule has 0 heterocycles. The Morgan fingerprint density at radius 1 is 1.17 bits per heavy atom. The molecule has 18 heavy (non-hydrogen) atoms. The maximum absolute atomic E-state index is 5.22. The van der Waals surface area contributed by atoms with E-state index in [2.05, 4.69) is 29.6 Å². The normalized spacial score (nSPS) is 16.7. The van der Waals surface area contributed by atoms with E-state index in [9.17, 15) is 0 Å². The van der Waals surface area contributed by atoms with Gasteiger partial charge in [0.15, 0.2) is 0 Å². The molecule has 0 bridgehead atoms. The molecule has 0 aromatic heterocycles. The maximum atomic E-state index is 5.22. The van der Waals surface area contributed by atoms with Crippen LogP contribution in [0.5, 0.6) is 0 Å². The highest BCUT2D eigenvalue weighted by Gasteiger charge is 2.12. The first-order valence-corrected chi connectivity index (χ1v) is 7.21. The average Bonchev–Trinajstić information content (AvgIpc) is 2.42. The van der Waals surface area contributed by atoms with Crippen molar-refractivity contribution in [1.82, 2.24) is 0 Å². The Morgan fingerprint density at radius 2 is 1.94 bits per heavy atom. The molecule has 1 aromatic carbocycles. The molecular formula is C16H25NO. The third-order valence-corrected chi connectivity index (χ3v) is 3.91. The van der Waals surface area contributed by atoms with Crippen LogP contribution in [0.4, 0.5) is 5.69 Å². The fraction of sp³-hybridized carbons (Fsp3) is 0.625. The average molecular weight is 247 g/mol. The summed E-state index contributed by atoms with van der Waals surface area (Å²) >= 11 is 0. The number of anilines is 1. The van der Waals surface area contributed by atoms with E-state index in [1.165, 1.54) is 49.8 Å². The molecule has 1 N–H and O–H groups in total. The van der Waals surface area contributed by atoms with Gasteiger partial charge in [0.2, 0.25) is 0 Å². The number of benzene rings is 1. The Bertz CT molecular complexity index is 345. The fourth-order valence-electron chi connectivity index (χ4n) is 2.86. The van der Waals surface area contributed by atoms with Crippen molar-refractivity contribution in [2.24, 2.45) is 5.92 Å². The van der Waals surface area contributed by atoms with Gasteiger partial charge in [-0.3, -0.25) is 0 Å². The van der Waals surface area contributed by atoms with E-state index in [1.807, 2.05) is 0 Å². The van der Waals surface area contributed by atoms with Crippen molar-refractivity contribution >= 4 is 5.69 Å². The monoisotopic (exact) mass is 247 g/mol. The van der Waals surface area contributed by atoms with Crippen LogP contribution in [0.15, 0.2) is 24.3 Å². The van der Waals surface area contributed by atoms with Crippen LogP contribution in [0.3, 0.4) is 0 Å². The van der Waals surface area contributed by atoms with Gasteiger partial charge in [-0.15, -0.1) is 0 Å². The van der Waals surface area contributed by atoms with Crippen molar-refractivity contribution in [1.29, 1.82) is 0 Å². The number of methoxy groups -OCH3 is 1. The Labute approximate surface area is 111 Å². The minimum atomic E-state index is 0.687. The Kier molecular flexibility index (Phi) is 5.53. The fourth-order valence-corrected chi connectivity index (χ4v) is 2.86. The summed E-state index contributed by atoms with van der Waals surface area (Å²) in [5.41, 5.74) is 2.49. The first kappa shape index (κ1) is 13.4. The van der Waals surface area contributed by atoms with E-state index in [4.69, 9.17) is 4.74 Å². The van der Waals surface area contributed by atoms with Gasteiger partial charge in [-0.1, -0.05) is 50.3 Å². The van der Waals surface area contributed by atoms with Crippen LogP contribution in [-0.2, 0) is 11.3 Å². The van der Waals surface area contributed by atoms with E-state index >= 15 is 0 Å². The van der Waals surface area contributed by atoms with Crippen molar-refractivity contribution in [3.63, 3.8) is 0 Å². The molecule has 0 amide bonds. The van der Waals surface area contributed by atoms with Gasteiger partial charge < -0.3 is 10.1 Å². The van der Waals surface area contributed by atoms with Crippen LogP contribution in [-0.4, -0.2) is 13.7 Å². The van der Waals surface area contributed by atoms with Gasteiger partial charge in [-0.05, 0) is 18.4 Å². The summed E-state index contributed by atoms with van der Waals surface area (Å²) in [6, 6.07) is 8.43. The van der Waals surface area contributed by atoms with Gasteiger partial charge in [0.1, 0.15) is 0 Å². The molecule has 2 rings (SSSR count). The van der Waals surface area contributed by atoms with Gasteiger partial charge in [0.25, 0.3) is 0 Å². The topological polar surface area (TPSA) is 21.3 Å². The highest BCUT2D eigenvalue weighted by Crippen LogP contribution is 2.26. The number of hydrogen-bond acceptors (Lipinski definition) is 2. The molecule has 100 valence electrons. The first-order valence-electron chi connectivity index (χ1n) is 7.21. The molecule has 2 heteroatoms. The predicted molar refractivity (Wildman–Crippen MR) is 76.8 cm³/mol. The molecule has 1 fully saturated rings. The summed E-state index contributed by atoms with van der Waals surface area (Å²) in [6.07, 6.45) is 8.49. The minimum absolute atomic E-state index is 0.687. The second-order valence-corrected chi connectivity index (χ2v) is 5.31. The molecular weight excluding hydrogens is 222 g/mol. The second-order valence-electron chi connectivity index (χ2n) is 5.31. The standard InChI is InChI=1S/C16H25NO/c1-18-13-15-9-5-6-10-16(15)17-12-11-14-7-3-2-4-8-14/h5-6,9-10,14,17H,2-4,7-8,11-13H2,1H3. The van der Waals surface area contributed by atoms with Crippen molar-refractivity contribution in [2.45, 2.75) is 45.1 Å². The van der Waals surface area contributed by atoms with E-state index in [0.29, 0.717) is 6.61 Å². The molecule has 0 spiro atoms. The lowest BCUT2D eigenvalue weighted by Gasteiger charge is -2.22.